The first-order valence-electron chi connectivity index (χ1n) is 11.6. The highest BCUT2D eigenvalue weighted by molar-refractivity contribution is 7.46. The molecule has 214 valence electrons. The molecule has 0 bridgehead atoms. The highest BCUT2D eigenvalue weighted by atomic mass is 31.2. The van der Waals surface area contributed by atoms with Gasteiger partial charge in [-0.3, -0.25) is 13.7 Å². The number of aromatic nitrogens is 6. The lowest BCUT2D eigenvalue weighted by Gasteiger charge is -2.15. The largest absolute Gasteiger partial charge is 0.469 e. The first-order chi connectivity index (χ1) is 18.5. The van der Waals surface area contributed by atoms with Gasteiger partial charge >= 0.3 is 22.1 Å². The monoisotopic (exact) mass is 590 g/mol. The third-order valence-corrected chi connectivity index (χ3v) is 6.70. The SMILES string of the molecule is Nc1ccn(C2CCC(COP(O)O)O2)c(=O)n1.Nc1ncnc2c1ncn2C1CCC(COP(=O)(O)O)O1. The summed E-state index contributed by atoms with van der Waals surface area (Å²) in [6.45, 7) is -0.0725. The fourth-order valence-corrected chi connectivity index (χ4v) is 4.74. The van der Waals surface area contributed by atoms with Gasteiger partial charge in [-0.15, -0.1) is 0 Å². The molecule has 20 heteroatoms. The summed E-state index contributed by atoms with van der Waals surface area (Å²) >= 11 is 0. The number of ether oxygens (including phenoxy) is 2. The molecular formula is C19H28N8O10P2. The van der Waals surface area contributed by atoms with Gasteiger partial charge in [0.1, 0.15) is 30.1 Å². The molecule has 2 saturated heterocycles. The predicted molar refractivity (Wildman–Crippen MR) is 134 cm³/mol. The molecule has 4 unspecified atom stereocenters. The van der Waals surface area contributed by atoms with E-state index in [4.69, 9.17) is 40.5 Å². The molecule has 8 N–H and O–H groups in total. The van der Waals surface area contributed by atoms with Crippen molar-refractivity contribution in [1.29, 1.82) is 0 Å². The number of phosphoric ester groups is 1. The van der Waals surface area contributed by atoms with Gasteiger partial charge in [0, 0.05) is 6.20 Å². The third-order valence-electron chi connectivity index (χ3n) is 5.83. The Labute approximate surface area is 221 Å². The van der Waals surface area contributed by atoms with E-state index in [9.17, 15) is 9.36 Å². The summed E-state index contributed by atoms with van der Waals surface area (Å²) in [6, 6.07) is 1.52. The van der Waals surface area contributed by atoms with Crippen LogP contribution in [0.5, 0.6) is 0 Å². The van der Waals surface area contributed by atoms with Gasteiger partial charge < -0.3 is 45.0 Å². The van der Waals surface area contributed by atoms with Crippen LogP contribution in [0.3, 0.4) is 0 Å². The molecule has 4 atom stereocenters. The second-order valence-corrected chi connectivity index (χ2v) is 10.5. The minimum Gasteiger partial charge on any atom is -0.383 e. The van der Waals surface area contributed by atoms with Gasteiger partial charge in [-0.2, -0.15) is 4.98 Å². The zero-order valence-corrected chi connectivity index (χ0v) is 22.1. The molecule has 2 fully saturated rings. The average Bonchev–Trinajstić information content (AvgIpc) is 3.61. The average molecular weight is 590 g/mol. The minimum atomic E-state index is -4.48. The van der Waals surface area contributed by atoms with Crippen LogP contribution >= 0.6 is 16.4 Å². The first kappa shape index (κ1) is 29.4. The van der Waals surface area contributed by atoms with Crippen LogP contribution in [0.4, 0.5) is 11.6 Å². The van der Waals surface area contributed by atoms with E-state index in [1.807, 2.05) is 0 Å². The van der Waals surface area contributed by atoms with E-state index in [0.29, 0.717) is 36.8 Å². The molecule has 0 amide bonds. The maximum absolute atomic E-state index is 11.6. The van der Waals surface area contributed by atoms with Crippen LogP contribution in [-0.4, -0.2) is 74.1 Å². The lowest BCUT2D eigenvalue weighted by atomic mass is 10.2. The van der Waals surface area contributed by atoms with Crippen molar-refractivity contribution in [2.24, 2.45) is 0 Å². The van der Waals surface area contributed by atoms with E-state index in [1.165, 1.54) is 23.2 Å². The van der Waals surface area contributed by atoms with E-state index in [0.717, 1.165) is 0 Å². The molecular weight excluding hydrogens is 562 g/mol. The number of nitrogen functional groups attached to an aromatic ring is 2. The van der Waals surface area contributed by atoms with Gasteiger partial charge in [0.2, 0.25) is 0 Å². The van der Waals surface area contributed by atoms with Crippen molar-refractivity contribution >= 4 is 39.2 Å². The number of imidazole rings is 1. The zero-order chi connectivity index (χ0) is 28.2. The summed E-state index contributed by atoms with van der Waals surface area (Å²) in [6.07, 6.45) is 5.63. The van der Waals surface area contributed by atoms with E-state index in [-0.39, 0.29) is 43.3 Å². The Kier molecular flexibility index (Phi) is 9.56. The van der Waals surface area contributed by atoms with Crippen LogP contribution < -0.4 is 17.2 Å². The van der Waals surface area contributed by atoms with Gasteiger partial charge in [0.25, 0.3) is 0 Å². The zero-order valence-electron chi connectivity index (χ0n) is 20.3. The number of rotatable bonds is 8. The molecule has 0 aromatic carbocycles. The molecule has 5 heterocycles. The van der Waals surface area contributed by atoms with Gasteiger partial charge in [-0.25, -0.2) is 24.3 Å². The van der Waals surface area contributed by atoms with Crippen molar-refractivity contribution in [2.75, 3.05) is 24.7 Å². The van der Waals surface area contributed by atoms with Gasteiger partial charge in [-0.05, 0) is 31.7 Å². The molecule has 39 heavy (non-hydrogen) atoms. The van der Waals surface area contributed by atoms with Crippen LogP contribution in [0.1, 0.15) is 38.1 Å². The third kappa shape index (κ3) is 7.95. The molecule has 3 aromatic rings. The number of anilines is 2. The number of nitrogens with zero attached hydrogens (tertiary/aromatic N) is 6. The number of hydrogen-bond acceptors (Lipinski definition) is 14. The molecule has 0 aliphatic carbocycles. The highest BCUT2D eigenvalue weighted by Crippen LogP contribution is 2.38. The van der Waals surface area contributed by atoms with Crippen LogP contribution in [0.2, 0.25) is 0 Å². The summed E-state index contributed by atoms with van der Waals surface area (Å²) in [5, 5.41) is 0. The molecule has 2 aliphatic heterocycles. The Morgan fingerprint density at radius 1 is 1.03 bits per heavy atom. The van der Waals surface area contributed by atoms with E-state index in [1.54, 1.807) is 10.9 Å². The summed E-state index contributed by atoms with van der Waals surface area (Å²) in [5.74, 6) is 0.457. The van der Waals surface area contributed by atoms with E-state index < -0.39 is 28.3 Å². The summed E-state index contributed by atoms with van der Waals surface area (Å²) < 4.78 is 34.2. The molecule has 3 aromatic heterocycles. The topological polar surface area (TPSA) is 265 Å². The Hall–Kier alpha value is -2.63. The van der Waals surface area contributed by atoms with Crippen molar-refractivity contribution in [1.82, 2.24) is 29.1 Å². The molecule has 18 nitrogen and oxygen atoms in total. The van der Waals surface area contributed by atoms with Crippen molar-refractivity contribution in [3.05, 3.63) is 35.4 Å². The normalized spacial score (nSPS) is 23.3. The maximum Gasteiger partial charge on any atom is 0.469 e. The Bertz CT molecular complexity index is 1370. The van der Waals surface area contributed by atoms with Crippen LogP contribution in [0.15, 0.2) is 29.7 Å². The molecule has 0 radical (unpaired) electrons. The lowest BCUT2D eigenvalue weighted by Crippen LogP contribution is -2.27. The predicted octanol–water partition coefficient (Wildman–Crippen LogP) is -0.0734. The standard InChI is InChI=1S/C10H14N5O5P.C9H14N3O5P/c11-9-8-10(13-4-12-9)15(5-14-8)7-2-1-6(20-7)3-19-21(16,17)18;10-7-3-4-12(9(13)11-7)8-2-1-6(17-8)5-16-18(14)15/h4-7H,1-3H2,(H2,11,12,13)(H2,16,17,18);3-4,6,8,14-15H,1-2,5H2,(H2,10,11,13). The summed E-state index contributed by atoms with van der Waals surface area (Å²) in [5.41, 5.74) is 11.7. The van der Waals surface area contributed by atoms with Gasteiger partial charge in [0.15, 0.2) is 11.5 Å². The van der Waals surface area contributed by atoms with E-state index >= 15 is 0 Å². The summed E-state index contributed by atoms with van der Waals surface area (Å²) in [7, 11) is -6.85. The smallest absolute Gasteiger partial charge is 0.383 e. The van der Waals surface area contributed by atoms with Crippen molar-refractivity contribution < 1.29 is 42.7 Å². The Balaban J connectivity index is 0.000000183. The van der Waals surface area contributed by atoms with Crippen molar-refractivity contribution in [3.8, 4) is 0 Å². The lowest BCUT2D eigenvalue weighted by molar-refractivity contribution is -0.0215. The number of hydrogen-bond donors (Lipinski definition) is 6. The maximum atomic E-state index is 11.6. The molecule has 0 saturated carbocycles. The second-order valence-electron chi connectivity index (χ2n) is 8.54. The van der Waals surface area contributed by atoms with Gasteiger partial charge in [0.05, 0.1) is 31.7 Å². The Morgan fingerprint density at radius 2 is 1.69 bits per heavy atom. The minimum absolute atomic E-state index is 0.0896. The fourth-order valence-electron chi connectivity index (χ4n) is 4.08. The molecule has 2 aliphatic rings. The first-order valence-corrected chi connectivity index (χ1v) is 14.3. The molecule has 0 spiro atoms. The van der Waals surface area contributed by atoms with Crippen LogP contribution in [0.25, 0.3) is 11.2 Å². The number of nitrogens with two attached hydrogens (primary N) is 2. The number of fused-ring (bicyclic) bond motifs is 1. The highest BCUT2D eigenvalue weighted by Gasteiger charge is 2.30. The summed E-state index contributed by atoms with van der Waals surface area (Å²) in [4.78, 5) is 62.0. The molecule has 5 rings (SSSR count). The Morgan fingerprint density at radius 3 is 2.33 bits per heavy atom. The van der Waals surface area contributed by atoms with Crippen LogP contribution in [-0.2, 0) is 23.1 Å². The van der Waals surface area contributed by atoms with Crippen molar-refractivity contribution in [2.45, 2.75) is 50.3 Å². The second kappa shape index (κ2) is 12.7. The number of phosphoric acid groups is 1. The van der Waals surface area contributed by atoms with Gasteiger partial charge in [-0.1, -0.05) is 0 Å². The quantitative estimate of drug-likeness (QED) is 0.187. The fraction of sp³-hybridized carbons (Fsp3) is 0.526. The van der Waals surface area contributed by atoms with Crippen LogP contribution in [0, 0.1) is 0 Å². The van der Waals surface area contributed by atoms with Crippen molar-refractivity contribution in [3.63, 3.8) is 0 Å². The van der Waals surface area contributed by atoms with E-state index in [2.05, 4.69) is 29.0 Å².